The summed E-state index contributed by atoms with van der Waals surface area (Å²) >= 11 is 1.67. The van der Waals surface area contributed by atoms with Crippen molar-refractivity contribution in [2.75, 3.05) is 0 Å². The largest absolute Gasteiger partial charge is 0.333 e. The van der Waals surface area contributed by atoms with Crippen LogP contribution in [0.2, 0.25) is 19.6 Å². The molecule has 0 atom stereocenters. The monoisotopic (exact) mass is 1000 g/mol. The van der Waals surface area contributed by atoms with Gasteiger partial charge in [0.2, 0.25) is 0 Å². The Bertz CT molecular complexity index is 3140. The van der Waals surface area contributed by atoms with E-state index in [0.717, 1.165) is 45.8 Å². The molecule has 0 saturated carbocycles. The molecule has 3 aromatic heterocycles. The molecule has 6 heteroatoms. The van der Waals surface area contributed by atoms with E-state index in [4.69, 9.17) is 4.98 Å². The van der Waals surface area contributed by atoms with Crippen molar-refractivity contribution in [3.63, 3.8) is 0 Å². The molecule has 7 aromatic carbocycles. The molecule has 61 heavy (non-hydrogen) atoms. The number of aryl methyl sites for hydroxylation is 2. The van der Waals surface area contributed by atoms with Crippen LogP contribution in [-0.4, -0.2) is 22.6 Å². The smallest absolute Gasteiger partial charge is 0.0798 e. The third-order valence-electron chi connectivity index (χ3n) is 11.4. The Morgan fingerprint density at radius 2 is 1.36 bits per heavy atom. The fraction of sp³-hybridized carbons (Fsp3) is 0.164. The molecule has 0 aliphatic heterocycles. The number of benzene rings is 7. The van der Waals surface area contributed by atoms with Gasteiger partial charge in [0, 0.05) is 32.0 Å². The van der Waals surface area contributed by atoms with Crippen molar-refractivity contribution in [1.82, 2.24) is 14.5 Å². The summed E-state index contributed by atoms with van der Waals surface area (Å²) in [5.41, 5.74) is 12.9. The number of hydrogen-bond donors (Lipinski definition) is 0. The summed E-state index contributed by atoms with van der Waals surface area (Å²) in [4.78, 5) is 9.88. The standard InChI is InChI=1S/C37H25N2S.C18H24NSi.Ir/c1-23-16-30(17-24(2)36(23)25-10-4-3-5-11-25)39-34-15-9-8-14-33(34)38-37(39)32-22-40-35-21-29-19-27-13-7-6-12-26(27)18-28(29)20-31(32)35;1-14(2)11-16-12-17(15-9-7-6-8-10-15)19-13-18(16)20(3,4)5;/h3-21H,1-2H3;6-9,12-14H,11H2,1-5H3;/q2*-1;. The summed E-state index contributed by atoms with van der Waals surface area (Å²) < 4.78 is 3.54. The zero-order valence-electron chi connectivity index (χ0n) is 35.8. The van der Waals surface area contributed by atoms with Crippen LogP contribution in [0.4, 0.5) is 0 Å². The van der Waals surface area contributed by atoms with Crippen LogP contribution in [0, 0.1) is 31.2 Å². The molecule has 0 unspecified atom stereocenters. The average molecular weight is 1000 g/mol. The van der Waals surface area contributed by atoms with Crippen molar-refractivity contribution >= 4 is 67.3 Å². The topological polar surface area (TPSA) is 30.7 Å². The minimum Gasteiger partial charge on any atom is -0.333 e. The van der Waals surface area contributed by atoms with Crippen molar-refractivity contribution in [1.29, 1.82) is 0 Å². The maximum Gasteiger partial charge on any atom is 0.0798 e. The van der Waals surface area contributed by atoms with Crippen LogP contribution >= 0.6 is 11.3 Å². The molecule has 0 aliphatic rings. The van der Waals surface area contributed by atoms with Crippen molar-refractivity contribution in [3.8, 4) is 39.5 Å². The maximum absolute atomic E-state index is 5.19. The van der Waals surface area contributed by atoms with Crippen molar-refractivity contribution in [3.05, 3.63) is 180 Å². The van der Waals surface area contributed by atoms with Crippen LogP contribution in [0.3, 0.4) is 0 Å². The molecule has 10 rings (SSSR count). The van der Waals surface area contributed by atoms with E-state index in [0.29, 0.717) is 5.92 Å². The van der Waals surface area contributed by atoms with Crippen molar-refractivity contribution < 1.29 is 20.1 Å². The van der Waals surface area contributed by atoms with E-state index in [1.807, 2.05) is 18.2 Å². The molecule has 0 amide bonds. The molecule has 3 nitrogen and oxygen atoms in total. The summed E-state index contributed by atoms with van der Waals surface area (Å²) in [6.45, 7) is 16.2. The molecule has 3 heterocycles. The number of imidazole rings is 1. The van der Waals surface area contributed by atoms with Gasteiger partial charge in [0.05, 0.1) is 24.9 Å². The van der Waals surface area contributed by atoms with Crippen LogP contribution in [0.1, 0.15) is 30.5 Å². The van der Waals surface area contributed by atoms with Gasteiger partial charge in [-0.05, 0) is 117 Å². The zero-order valence-corrected chi connectivity index (χ0v) is 40.0. The number of nitrogens with zero attached hydrogens (tertiary/aromatic N) is 3. The molecule has 0 spiro atoms. The van der Waals surface area contributed by atoms with Crippen LogP contribution < -0.4 is 5.19 Å². The van der Waals surface area contributed by atoms with E-state index in [1.54, 1.807) is 11.3 Å². The van der Waals surface area contributed by atoms with Gasteiger partial charge in [0.25, 0.3) is 0 Å². The van der Waals surface area contributed by atoms with Gasteiger partial charge in [0.15, 0.2) is 0 Å². The van der Waals surface area contributed by atoms with Gasteiger partial charge >= 0.3 is 0 Å². The molecular weight excluding hydrogens is 955 g/mol. The molecule has 305 valence electrons. The first kappa shape index (κ1) is 42.2. The summed E-state index contributed by atoms with van der Waals surface area (Å²) in [6, 6.07) is 55.1. The van der Waals surface area contributed by atoms with Crippen LogP contribution in [-0.2, 0) is 26.5 Å². The quantitative estimate of drug-likeness (QED) is 0.0905. The second-order valence-electron chi connectivity index (χ2n) is 17.4. The minimum atomic E-state index is -1.34. The van der Waals surface area contributed by atoms with Crippen LogP contribution in [0.5, 0.6) is 0 Å². The molecule has 0 N–H and O–H groups in total. The number of pyridine rings is 1. The first-order valence-corrected chi connectivity index (χ1v) is 25.2. The fourth-order valence-corrected chi connectivity index (χ4v) is 11.1. The second-order valence-corrected chi connectivity index (χ2v) is 23.3. The maximum atomic E-state index is 5.19. The van der Waals surface area contributed by atoms with E-state index >= 15 is 0 Å². The predicted molar refractivity (Wildman–Crippen MR) is 261 cm³/mol. The normalized spacial score (nSPS) is 11.6. The third-order valence-corrected chi connectivity index (χ3v) is 14.3. The Labute approximate surface area is 378 Å². The van der Waals surface area contributed by atoms with Gasteiger partial charge in [-0.25, -0.2) is 0 Å². The van der Waals surface area contributed by atoms with Gasteiger partial charge < -0.3 is 9.55 Å². The van der Waals surface area contributed by atoms with Gasteiger partial charge in [-0.1, -0.05) is 140 Å². The Hall–Kier alpha value is -5.49. The summed E-state index contributed by atoms with van der Waals surface area (Å²) in [6.07, 6.45) is 3.24. The van der Waals surface area contributed by atoms with E-state index in [1.165, 1.54) is 64.6 Å². The molecule has 0 saturated heterocycles. The van der Waals surface area contributed by atoms with Crippen LogP contribution in [0.15, 0.2) is 152 Å². The third kappa shape index (κ3) is 8.56. The number of hydrogen-bond acceptors (Lipinski definition) is 3. The van der Waals surface area contributed by atoms with Crippen molar-refractivity contribution in [2.24, 2.45) is 5.92 Å². The Morgan fingerprint density at radius 1 is 0.705 bits per heavy atom. The van der Waals surface area contributed by atoms with Crippen LogP contribution in [0.25, 0.3) is 82.1 Å². The summed E-state index contributed by atoms with van der Waals surface area (Å²) in [5.74, 6) is 1.60. The molecular formula is C55H49IrN3SSi-2. The Balaban J connectivity index is 0.000000208. The number of fused-ring (bicyclic) bond motifs is 4. The SMILES string of the molecule is CC(C)Cc1cc(-c2[c-]cccc2)ncc1[Si](C)(C)C.Cc1cc(-n2c(-c3[c-]sc4cc5cc6ccccc6cc5cc34)nc3ccccc32)cc(C)c1-c1ccccc1.[Ir]. The zero-order chi connectivity index (χ0) is 41.5. The van der Waals surface area contributed by atoms with E-state index in [2.05, 4.69) is 202 Å². The van der Waals surface area contributed by atoms with Crippen molar-refractivity contribution in [2.45, 2.75) is 53.8 Å². The fourth-order valence-electron chi connectivity index (χ4n) is 8.64. The Kier molecular flexibility index (Phi) is 12.1. The van der Waals surface area contributed by atoms with Gasteiger partial charge in [-0.2, -0.15) is 0 Å². The number of thiophene rings is 1. The number of aromatic nitrogens is 3. The molecule has 0 fully saturated rings. The van der Waals surface area contributed by atoms with E-state index < -0.39 is 8.07 Å². The van der Waals surface area contributed by atoms with Gasteiger partial charge in [-0.3, -0.25) is 16.3 Å². The number of rotatable bonds is 7. The average Bonchev–Trinajstić information content (AvgIpc) is 3.83. The molecule has 0 aliphatic carbocycles. The molecule has 0 bridgehead atoms. The van der Waals surface area contributed by atoms with Gasteiger partial charge in [0.1, 0.15) is 0 Å². The predicted octanol–water partition coefficient (Wildman–Crippen LogP) is 14.6. The first-order chi connectivity index (χ1) is 29.0. The number of para-hydroxylation sites is 2. The Morgan fingerprint density at radius 3 is 2.03 bits per heavy atom. The summed E-state index contributed by atoms with van der Waals surface area (Å²) in [7, 11) is -1.34. The minimum absolute atomic E-state index is 0. The molecule has 10 aromatic rings. The second kappa shape index (κ2) is 17.5. The van der Waals surface area contributed by atoms with E-state index in [-0.39, 0.29) is 20.1 Å². The van der Waals surface area contributed by atoms with Gasteiger partial charge in [-0.15, -0.1) is 41.3 Å². The summed E-state index contributed by atoms with van der Waals surface area (Å²) in [5, 5.41) is 11.3. The van der Waals surface area contributed by atoms with E-state index in [9.17, 15) is 0 Å². The first-order valence-electron chi connectivity index (χ1n) is 20.9. The molecule has 1 radical (unpaired) electrons.